The molecule has 0 aromatic heterocycles. The molecule has 2 atom stereocenters. The van der Waals surface area contributed by atoms with E-state index in [1.807, 2.05) is 30.4 Å². The van der Waals surface area contributed by atoms with E-state index in [0.29, 0.717) is 24.5 Å². The molecular formula is C16H20O2. The molecule has 18 heavy (non-hydrogen) atoms. The van der Waals surface area contributed by atoms with Crippen molar-refractivity contribution in [2.24, 2.45) is 5.92 Å². The van der Waals surface area contributed by atoms with Crippen LogP contribution in [-0.2, 0) is 11.2 Å². The van der Waals surface area contributed by atoms with E-state index in [1.165, 1.54) is 5.56 Å². The van der Waals surface area contributed by atoms with Crippen LogP contribution in [0.5, 0.6) is 0 Å². The normalized spacial score (nSPS) is 21.6. The van der Waals surface area contributed by atoms with Crippen molar-refractivity contribution in [1.82, 2.24) is 0 Å². The number of allylic oxidation sites excluding steroid dienone is 1. The van der Waals surface area contributed by atoms with Crippen molar-refractivity contribution in [3.8, 4) is 0 Å². The summed E-state index contributed by atoms with van der Waals surface area (Å²) < 4.78 is 0. The minimum Gasteiger partial charge on any atom is -0.389 e. The average molecular weight is 244 g/mol. The van der Waals surface area contributed by atoms with E-state index in [0.717, 1.165) is 19.3 Å². The molecular weight excluding hydrogens is 224 g/mol. The van der Waals surface area contributed by atoms with Gasteiger partial charge < -0.3 is 5.11 Å². The molecule has 2 heteroatoms. The molecule has 2 rings (SSSR count). The van der Waals surface area contributed by atoms with Crippen LogP contribution in [0.3, 0.4) is 0 Å². The molecule has 0 heterocycles. The second-order valence-corrected chi connectivity index (χ2v) is 5.02. The van der Waals surface area contributed by atoms with Crippen LogP contribution >= 0.6 is 0 Å². The van der Waals surface area contributed by atoms with Gasteiger partial charge in [0.2, 0.25) is 0 Å². The summed E-state index contributed by atoms with van der Waals surface area (Å²) in [6, 6.07) is 10.2. The van der Waals surface area contributed by atoms with Gasteiger partial charge in [-0.05, 0) is 30.7 Å². The molecule has 0 aliphatic heterocycles. The predicted molar refractivity (Wildman–Crippen MR) is 72.3 cm³/mol. The van der Waals surface area contributed by atoms with E-state index in [2.05, 4.69) is 12.1 Å². The topological polar surface area (TPSA) is 37.3 Å². The number of aliphatic hydroxyl groups is 1. The number of benzene rings is 1. The van der Waals surface area contributed by atoms with Gasteiger partial charge in [0.1, 0.15) is 5.78 Å². The van der Waals surface area contributed by atoms with Gasteiger partial charge in [0.15, 0.2) is 0 Å². The maximum atomic E-state index is 11.1. The molecule has 1 fully saturated rings. The summed E-state index contributed by atoms with van der Waals surface area (Å²) in [5.74, 6) is 0.701. The van der Waals surface area contributed by atoms with Crippen molar-refractivity contribution in [3.05, 3.63) is 48.0 Å². The number of carbonyl (C=O) groups is 1. The second kappa shape index (κ2) is 6.50. The van der Waals surface area contributed by atoms with Crippen LogP contribution in [0.4, 0.5) is 0 Å². The van der Waals surface area contributed by atoms with Gasteiger partial charge in [-0.25, -0.2) is 0 Å². The number of hydrogen-bond donors (Lipinski definition) is 1. The number of aryl methyl sites for hydroxylation is 1. The second-order valence-electron chi connectivity index (χ2n) is 5.02. The summed E-state index contributed by atoms with van der Waals surface area (Å²) in [4.78, 5) is 11.1. The Morgan fingerprint density at radius 2 is 2.11 bits per heavy atom. The van der Waals surface area contributed by atoms with Crippen molar-refractivity contribution >= 4 is 5.78 Å². The molecule has 2 nitrogen and oxygen atoms in total. The first-order valence-corrected chi connectivity index (χ1v) is 6.66. The Morgan fingerprint density at radius 3 is 2.78 bits per heavy atom. The lowest BCUT2D eigenvalue weighted by Crippen LogP contribution is -2.05. The summed E-state index contributed by atoms with van der Waals surface area (Å²) in [5, 5.41) is 9.86. The quantitative estimate of drug-likeness (QED) is 0.809. The van der Waals surface area contributed by atoms with Gasteiger partial charge in [0, 0.05) is 12.8 Å². The van der Waals surface area contributed by atoms with E-state index in [4.69, 9.17) is 0 Å². The minimum atomic E-state index is -0.402. The highest BCUT2D eigenvalue weighted by Gasteiger charge is 2.19. The smallest absolute Gasteiger partial charge is 0.133 e. The molecule has 0 saturated heterocycles. The highest BCUT2D eigenvalue weighted by atomic mass is 16.3. The fourth-order valence-corrected chi connectivity index (χ4v) is 2.35. The summed E-state index contributed by atoms with van der Waals surface area (Å²) in [6.07, 6.45) is 7.39. The first-order valence-electron chi connectivity index (χ1n) is 6.66. The first kappa shape index (κ1) is 13.0. The lowest BCUT2D eigenvalue weighted by Gasteiger charge is -2.07. The van der Waals surface area contributed by atoms with Gasteiger partial charge in [-0.15, -0.1) is 0 Å². The number of ketones is 1. The zero-order valence-electron chi connectivity index (χ0n) is 10.6. The molecule has 1 aromatic carbocycles. The van der Waals surface area contributed by atoms with Crippen molar-refractivity contribution in [1.29, 1.82) is 0 Å². The maximum absolute atomic E-state index is 11.1. The van der Waals surface area contributed by atoms with Crippen LogP contribution in [0.15, 0.2) is 42.5 Å². The highest BCUT2D eigenvalue weighted by molar-refractivity contribution is 5.80. The fraction of sp³-hybridized carbons (Fsp3) is 0.438. The average Bonchev–Trinajstić information content (AvgIpc) is 2.81. The van der Waals surface area contributed by atoms with Crippen molar-refractivity contribution < 1.29 is 9.90 Å². The van der Waals surface area contributed by atoms with E-state index < -0.39 is 6.10 Å². The first-order chi connectivity index (χ1) is 8.74. The third-order valence-corrected chi connectivity index (χ3v) is 3.46. The zero-order valence-corrected chi connectivity index (χ0v) is 10.6. The van der Waals surface area contributed by atoms with Crippen molar-refractivity contribution in [2.45, 2.75) is 38.2 Å². The van der Waals surface area contributed by atoms with E-state index in [-0.39, 0.29) is 0 Å². The Labute approximate surface area is 108 Å². The molecule has 1 saturated carbocycles. The predicted octanol–water partition coefficient (Wildman–Crippen LogP) is 2.91. The molecule has 0 radical (unpaired) electrons. The molecule has 2 unspecified atom stereocenters. The SMILES string of the molecule is O=C1CCC(/C=C/C(O)CCc2ccccc2)C1. The summed E-state index contributed by atoms with van der Waals surface area (Å²) in [7, 11) is 0. The van der Waals surface area contributed by atoms with Gasteiger partial charge in [0.05, 0.1) is 6.10 Å². The van der Waals surface area contributed by atoms with E-state index in [1.54, 1.807) is 0 Å². The number of Topliss-reactive ketones (excluding diaryl/α,β-unsaturated/α-hetero) is 1. The lowest BCUT2D eigenvalue weighted by molar-refractivity contribution is -0.117. The van der Waals surface area contributed by atoms with Crippen LogP contribution in [-0.4, -0.2) is 17.0 Å². The Hall–Kier alpha value is -1.41. The highest BCUT2D eigenvalue weighted by Crippen LogP contribution is 2.23. The Morgan fingerprint density at radius 1 is 1.33 bits per heavy atom. The summed E-state index contributed by atoms with van der Waals surface area (Å²) in [6.45, 7) is 0. The number of rotatable bonds is 5. The molecule has 1 aromatic rings. The molecule has 1 N–H and O–H groups in total. The molecule has 0 amide bonds. The largest absolute Gasteiger partial charge is 0.389 e. The molecule has 0 spiro atoms. The van der Waals surface area contributed by atoms with Crippen molar-refractivity contribution in [2.75, 3.05) is 0 Å². The Bertz CT molecular complexity index is 408. The third kappa shape index (κ3) is 4.11. The van der Waals surface area contributed by atoms with Gasteiger partial charge in [-0.1, -0.05) is 42.5 Å². The van der Waals surface area contributed by atoms with E-state index in [9.17, 15) is 9.90 Å². The van der Waals surface area contributed by atoms with Crippen LogP contribution < -0.4 is 0 Å². The Balaban J connectivity index is 1.73. The number of aliphatic hydroxyl groups excluding tert-OH is 1. The van der Waals surface area contributed by atoms with E-state index >= 15 is 0 Å². The van der Waals surface area contributed by atoms with Crippen molar-refractivity contribution in [3.63, 3.8) is 0 Å². The number of carbonyl (C=O) groups excluding carboxylic acids is 1. The van der Waals surface area contributed by atoms with Crippen LogP contribution in [0.25, 0.3) is 0 Å². The standard InChI is InChI=1S/C16H20O2/c17-15(9-6-13-4-2-1-3-5-13)10-7-14-8-11-16(18)12-14/h1-5,7,10,14-15,17H,6,8-9,11-12H2/b10-7+. The molecule has 0 bridgehead atoms. The lowest BCUT2D eigenvalue weighted by atomic mass is 10.0. The third-order valence-electron chi connectivity index (χ3n) is 3.46. The number of hydrogen-bond acceptors (Lipinski definition) is 2. The van der Waals surface area contributed by atoms with Crippen LogP contribution in [0, 0.1) is 5.92 Å². The van der Waals surface area contributed by atoms with Gasteiger partial charge in [-0.3, -0.25) is 4.79 Å². The van der Waals surface area contributed by atoms with Crippen LogP contribution in [0.1, 0.15) is 31.2 Å². The monoisotopic (exact) mass is 244 g/mol. The van der Waals surface area contributed by atoms with Gasteiger partial charge >= 0.3 is 0 Å². The molecule has 1 aliphatic carbocycles. The van der Waals surface area contributed by atoms with Crippen LogP contribution in [0.2, 0.25) is 0 Å². The minimum absolute atomic E-state index is 0.350. The fourth-order valence-electron chi connectivity index (χ4n) is 2.35. The maximum Gasteiger partial charge on any atom is 0.133 e. The molecule has 1 aliphatic rings. The zero-order chi connectivity index (χ0) is 12.8. The van der Waals surface area contributed by atoms with Gasteiger partial charge in [-0.2, -0.15) is 0 Å². The summed E-state index contributed by atoms with van der Waals surface area (Å²) in [5.41, 5.74) is 1.25. The van der Waals surface area contributed by atoms with Gasteiger partial charge in [0.25, 0.3) is 0 Å². The molecule has 96 valence electrons. The Kier molecular flexibility index (Phi) is 4.71. The summed E-state index contributed by atoms with van der Waals surface area (Å²) >= 11 is 0.